The van der Waals surface area contributed by atoms with Crippen LogP contribution in [-0.2, 0) is 16.4 Å². The second-order valence-corrected chi connectivity index (χ2v) is 11.6. The first-order valence-electron chi connectivity index (χ1n) is 11.9. The number of sulfonamides is 1. The highest BCUT2D eigenvalue weighted by Crippen LogP contribution is 2.53. The smallest absolute Gasteiger partial charge is 0.243 e. The number of rotatable bonds is 7. The number of aliphatic hydroxyl groups is 1. The Labute approximate surface area is 210 Å². The van der Waals surface area contributed by atoms with Gasteiger partial charge >= 0.3 is 0 Å². The van der Waals surface area contributed by atoms with Crippen LogP contribution in [0.3, 0.4) is 0 Å². The van der Waals surface area contributed by atoms with Gasteiger partial charge in [-0.05, 0) is 84.7 Å². The molecule has 2 aliphatic carbocycles. The van der Waals surface area contributed by atoms with Crippen LogP contribution in [0.25, 0.3) is 11.8 Å². The third-order valence-corrected chi connectivity index (χ3v) is 9.46. The maximum Gasteiger partial charge on any atom is 0.243 e. The van der Waals surface area contributed by atoms with Crippen LogP contribution in [0.2, 0.25) is 0 Å². The fourth-order valence-electron chi connectivity index (χ4n) is 5.56. The zero-order valence-corrected chi connectivity index (χ0v) is 20.7. The van der Waals surface area contributed by atoms with Gasteiger partial charge in [0.05, 0.1) is 40.7 Å². The van der Waals surface area contributed by atoms with E-state index in [-0.39, 0.29) is 47.3 Å². The van der Waals surface area contributed by atoms with Gasteiger partial charge in [-0.2, -0.15) is 14.7 Å². The largest absolute Gasteiger partial charge is 0.395 e. The van der Waals surface area contributed by atoms with Crippen molar-refractivity contribution >= 4 is 16.1 Å². The van der Waals surface area contributed by atoms with E-state index >= 15 is 0 Å². The molecule has 0 aliphatic heterocycles. The van der Waals surface area contributed by atoms with Crippen LogP contribution in [0.1, 0.15) is 36.6 Å². The Balaban J connectivity index is 1.43. The van der Waals surface area contributed by atoms with Gasteiger partial charge in [0.25, 0.3) is 0 Å². The van der Waals surface area contributed by atoms with Crippen molar-refractivity contribution in [1.82, 2.24) is 14.1 Å². The SMILES string of the molecule is CC12Cc3cnn(-c4ccc(F)cc4)c3C=C1CC[C@@H]2CN(CCO)S(=O)(=O)c1cccc(C#N)c1. The van der Waals surface area contributed by atoms with Crippen LogP contribution in [0.15, 0.2) is 65.2 Å². The summed E-state index contributed by atoms with van der Waals surface area (Å²) in [7, 11) is -3.89. The predicted octanol–water partition coefficient (Wildman–Crippen LogP) is 3.92. The van der Waals surface area contributed by atoms with Gasteiger partial charge in [-0.3, -0.25) is 0 Å². The number of aromatic nitrogens is 2. The first-order chi connectivity index (χ1) is 17.3. The minimum atomic E-state index is -3.89. The van der Waals surface area contributed by atoms with Crippen LogP contribution >= 0.6 is 0 Å². The molecule has 1 fully saturated rings. The van der Waals surface area contributed by atoms with Crippen LogP contribution in [0.4, 0.5) is 4.39 Å². The average Bonchev–Trinajstić information content (AvgIpc) is 3.42. The standard InChI is InChI=1S/C27H27FN4O3S/c1-27-15-20-17-30-32(24-9-7-23(28)8-10-24)26(20)14-21(27)5-6-22(27)18-31(11-12-33)36(34,35)25-4-2-3-19(13-25)16-29/h2-4,7-10,13-14,17,22,33H,5-6,11-12,15,18H2,1H3/t22-,27?/m1/s1. The van der Waals surface area contributed by atoms with Crippen LogP contribution in [0, 0.1) is 28.5 Å². The normalized spacial score (nSPS) is 21.1. The molecule has 186 valence electrons. The summed E-state index contributed by atoms with van der Waals surface area (Å²) >= 11 is 0. The lowest BCUT2D eigenvalue weighted by Crippen LogP contribution is -2.42. The highest BCUT2D eigenvalue weighted by Gasteiger charge is 2.47. The Morgan fingerprint density at radius 2 is 2.06 bits per heavy atom. The van der Waals surface area contributed by atoms with Crippen molar-refractivity contribution in [3.05, 3.63) is 82.9 Å². The molecule has 5 rings (SSSR count). The third-order valence-electron chi connectivity index (χ3n) is 7.60. The molecule has 36 heavy (non-hydrogen) atoms. The van der Waals surface area contributed by atoms with Crippen molar-refractivity contribution in [2.75, 3.05) is 19.7 Å². The molecule has 1 unspecified atom stereocenters. The van der Waals surface area contributed by atoms with E-state index in [1.807, 2.05) is 16.9 Å². The van der Waals surface area contributed by atoms with Gasteiger partial charge in [-0.1, -0.05) is 18.6 Å². The van der Waals surface area contributed by atoms with Gasteiger partial charge < -0.3 is 5.11 Å². The number of allylic oxidation sites excluding steroid dienone is 1. The first kappa shape index (κ1) is 24.4. The zero-order chi connectivity index (χ0) is 25.5. The minimum absolute atomic E-state index is 0.0154. The van der Waals surface area contributed by atoms with E-state index in [0.29, 0.717) is 0 Å². The maximum absolute atomic E-state index is 13.5. The Bertz CT molecular complexity index is 1470. The summed E-state index contributed by atoms with van der Waals surface area (Å²) in [6, 6.07) is 14.2. The fraction of sp³-hybridized carbons (Fsp3) is 0.333. The van der Waals surface area contributed by atoms with Gasteiger partial charge in [0.2, 0.25) is 10.0 Å². The summed E-state index contributed by atoms with van der Waals surface area (Å²) in [5.41, 5.74) is 4.10. The average molecular weight is 507 g/mol. The summed E-state index contributed by atoms with van der Waals surface area (Å²) in [6.45, 7) is 2.14. The van der Waals surface area contributed by atoms with Crippen LogP contribution in [-0.4, -0.2) is 47.3 Å². The van der Waals surface area contributed by atoms with E-state index in [1.165, 1.54) is 34.1 Å². The van der Waals surface area contributed by atoms with Crippen molar-refractivity contribution in [2.45, 2.75) is 31.1 Å². The molecule has 2 atom stereocenters. The second kappa shape index (κ2) is 9.28. The van der Waals surface area contributed by atoms with E-state index in [1.54, 1.807) is 24.3 Å². The molecular weight excluding hydrogens is 479 g/mol. The quantitative estimate of drug-likeness (QED) is 0.524. The molecule has 1 N–H and O–H groups in total. The lowest BCUT2D eigenvalue weighted by atomic mass is 9.70. The number of benzene rings is 2. The molecule has 0 saturated heterocycles. The third kappa shape index (κ3) is 4.15. The lowest BCUT2D eigenvalue weighted by molar-refractivity contribution is 0.194. The van der Waals surface area contributed by atoms with Crippen molar-refractivity contribution in [1.29, 1.82) is 5.26 Å². The van der Waals surface area contributed by atoms with Gasteiger partial charge in [0.1, 0.15) is 5.82 Å². The van der Waals surface area contributed by atoms with Crippen LogP contribution < -0.4 is 0 Å². The Morgan fingerprint density at radius 3 is 2.78 bits per heavy atom. The Morgan fingerprint density at radius 1 is 1.28 bits per heavy atom. The molecule has 0 bridgehead atoms. The summed E-state index contributed by atoms with van der Waals surface area (Å²) < 4.78 is 43.5. The van der Waals surface area contributed by atoms with Gasteiger partial charge in [0.15, 0.2) is 0 Å². The summed E-state index contributed by atoms with van der Waals surface area (Å²) in [5, 5.41) is 23.4. The van der Waals surface area contributed by atoms with Crippen molar-refractivity contribution in [3.8, 4) is 11.8 Å². The molecule has 9 heteroatoms. The monoisotopic (exact) mass is 506 g/mol. The Kier molecular flexibility index (Phi) is 6.29. The Hall–Kier alpha value is -3.32. The number of fused-ring (bicyclic) bond motifs is 2. The highest BCUT2D eigenvalue weighted by molar-refractivity contribution is 7.89. The molecule has 0 spiro atoms. The molecular formula is C27H27FN4O3S. The van der Waals surface area contributed by atoms with E-state index in [4.69, 9.17) is 0 Å². The summed E-state index contributed by atoms with van der Waals surface area (Å²) in [4.78, 5) is 0.0559. The van der Waals surface area contributed by atoms with Gasteiger partial charge in [0, 0.05) is 13.1 Å². The number of hydrogen-bond acceptors (Lipinski definition) is 5. The number of nitriles is 1. The minimum Gasteiger partial charge on any atom is -0.395 e. The molecule has 1 heterocycles. The summed E-state index contributed by atoms with van der Waals surface area (Å²) in [5.74, 6) is -0.252. The van der Waals surface area contributed by atoms with E-state index in [0.717, 1.165) is 36.2 Å². The van der Waals surface area contributed by atoms with Crippen LogP contribution in [0.5, 0.6) is 0 Å². The molecule has 0 radical (unpaired) electrons. The molecule has 1 aromatic heterocycles. The fourth-order valence-corrected chi connectivity index (χ4v) is 7.08. The van der Waals surface area contributed by atoms with E-state index in [9.17, 15) is 23.2 Å². The molecule has 1 saturated carbocycles. The second-order valence-electron chi connectivity index (χ2n) is 9.67. The number of nitrogens with zero attached hydrogens (tertiary/aromatic N) is 4. The maximum atomic E-state index is 13.5. The molecule has 7 nitrogen and oxygen atoms in total. The highest BCUT2D eigenvalue weighted by atomic mass is 32.2. The van der Waals surface area contributed by atoms with Crippen molar-refractivity contribution < 1.29 is 17.9 Å². The first-order valence-corrected chi connectivity index (χ1v) is 13.4. The predicted molar refractivity (Wildman–Crippen MR) is 133 cm³/mol. The van der Waals surface area contributed by atoms with Gasteiger partial charge in [-0.15, -0.1) is 0 Å². The molecule has 2 aromatic carbocycles. The summed E-state index contributed by atoms with van der Waals surface area (Å²) in [6.07, 6.45) is 6.37. The van der Waals surface area contributed by atoms with E-state index < -0.39 is 10.0 Å². The molecule has 3 aromatic rings. The van der Waals surface area contributed by atoms with Crippen molar-refractivity contribution in [3.63, 3.8) is 0 Å². The number of aliphatic hydroxyl groups excluding tert-OH is 1. The molecule has 0 amide bonds. The lowest BCUT2D eigenvalue weighted by Gasteiger charge is -2.38. The molecule has 2 aliphatic rings. The number of halogens is 1. The topological polar surface area (TPSA) is 99.2 Å². The van der Waals surface area contributed by atoms with Gasteiger partial charge in [-0.25, -0.2) is 17.5 Å². The van der Waals surface area contributed by atoms with E-state index in [2.05, 4.69) is 18.1 Å². The zero-order valence-electron chi connectivity index (χ0n) is 19.9. The number of hydrogen-bond donors (Lipinski definition) is 1. The van der Waals surface area contributed by atoms with Crippen molar-refractivity contribution in [2.24, 2.45) is 11.3 Å².